The van der Waals surface area contributed by atoms with Gasteiger partial charge < -0.3 is 0 Å². The van der Waals surface area contributed by atoms with E-state index >= 15 is 0 Å². The molecule has 0 unspecified atom stereocenters. The fourth-order valence-electron chi connectivity index (χ4n) is 0. The largest absolute Gasteiger partial charge is 0.283 e. The Kier molecular flexibility index (Phi) is 6.31. The summed E-state index contributed by atoms with van der Waals surface area (Å²) < 4.78 is 0.347. The molecule has 4 N–H and O–H groups in total. The maximum Gasteiger partial charge on any atom is 0.147 e. The number of nitrogens with zero attached hydrogens (tertiary/aromatic N) is 1. The van der Waals surface area contributed by atoms with E-state index in [-0.39, 0.29) is 0 Å². The highest BCUT2D eigenvalue weighted by atomic mass is 15.6. The Morgan fingerprint density at radius 1 is 1.38 bits per heavy atom. The van der Waals surface area contributed by atoms with Gasteiger partial charge in [0.15, 0.2) is 0 Å². The van der Waals surface area contributed by atoms with Gasteiger partial charge in [-0.15, -0.1) is 13.2 Å². The van der Waals surface area contributed by atoms with Crippen LogP contribution in [0.2, 0.25) is 0 Å². The zero-order chi connectivity index (χ0) is 7.21. The molecule has 3 heteroatoms. The van der Waals surface area contributed by atoms with Gasteiger partial charge in [0.05, 0.1) is 14.1 Å². The van der Waals surface area contributed by atoms with E-state index in [0.717, 1.165) is 0 Å². The standard InChI is InChI=1S/C3H12N3.C2H4/c1-6(2,5)3-4;1-2/h3-5H2,1-2H3;1-2H2/q+1;. The maximum absolute atomic E-state index is 5.35. The van der Waals surface area contributed by atoms with E-state index in [2.05, 4.69) is 13.2 Å². The molecule has 0 aromatic heterocycles. The van der Waals surface area contributed by atoms with Crippen LogP contribution in [0.15, 0.2) is 13.2 Å². The van der Waals surface area contributed by atoms with E-state index in [1.54, 1.807) is 0 Å². The van der Waals surface area contributed by atoms with E-state index in [0.29, 0.717) is 11.3 Å². The Bertz CT molecular complexity index is 46.1. The molecule has 0 atom stereocenters. The molecule has 0 saturated carbocycles. The molecule has 0 aliphatic carbocycles. The van der Waals surface area contributed by atoms with Gasteiger partial charge in [0.1, 0.15) is 6.67 Å². The first-order chi connectivity index (χ1) is 3.56. The van der Waals surface area contributed by atoms with Crippen LogP contribution in [0, 0.1) is 0 Å². The topological polar surface area (TPSA) is 52.0 Å². The summed E-state index contributed by atoms with van der Waals surface area (Å²) in [6.07, 6.45) is 0. The number of hydrogen-bond donors (Lipinski definition) is 2. The van der Waals surface area contributed by atoms with Gasteiger partial charge in [-0.3, -0.25) is 5.73 Å². The van der Waals surface area contributed by atoms with E-state index in [4.69, 9.17) is 11.6 Å². The third-order valence-electron chi connectivity index (χ3n) is 0.471. The Balaban J connectivity index is 0. The first kappa shape index (κ1) is 10.6. The van der Waals surface area contributed by atoms with Crippen LogP contribution in [0.1, 0.15) is 0 Å². The molecular formula is C5H16N3+. The van der Waals surface area contributed by atoms with Gasteiger partial charge in [-0.1, -0.05) is 0 Å². The van der Waals surface area contributed by atoms with Crippen LogP contribution >= 0.6 is 0 Å². The van der Waals surface area contributed by atoms with Gasteiger partial charge >= 0.3 is 0 Å². The van der Waals surface area contributed by atoms with Crippen LogP contribution in [0.3, 0.4) is 0 Å². The molecule has 0 rings (SSSR count). The average Bonchev–Trinajstić information content (AvgIpc) is 1.71. The minimum atomic E-state index is 0.347. The van der Waals surface area contributed by atoms with Crippen molar-refractivity contribution >= 4 is 0 Å². The molecule has 0 aromatic rings. The van der Waals surface area contributed by atoms with Gasteiger partial charge in [0, 0.05) is 0 Å². The lowest BCUT2D eigenvalue weighted by molar-refractivity contribution is -0.901. The predicted molar refractivity (Wildman–Crippen MR) is 36.6 cm³/mol. The summed E-state index contributed by atoms with van der Waals surface area (Å²) in [4.78, 5) is 0. The van der Waals surface area contributed by atoms with E-state index in [1.165, 1.54) is 0 Å². The van der Waals surface area contributed by atoms with E-state index < -0.39 is 0 Å². The summed E-state index contributed by atoms with van der Waals surface area (Å²) >= 11 is 0. The third-order valence-corrected chi connectivity index (χ3v) is 0.471. The van der Waals surface area contributed by atoms with Crippen LogP contribution in [-0.4, -0.2) is 25.4 Å². The molecular weight excluding hydrogens is 102 g/mol. The van der Waals surface area contributed by atoms with Crippen LogP contribution < -0.4 is 11.6 Å². The van der Waals surface area contributed by atoms with Crippen molar-refractivity contribution in [2.45, 2.75) is 0 Å². The second kappa shape index (κ2) is 4.77. The molecule has 3 nitrogen and oxygen atoms in total. The lowest BCUT2D eigenvalue weighted by Gasteiger charge is -2.18. The van der Waals surface area contributed by atoms with Gasteiger partial charge in [-0.2, -0.15) is 5.84 Å². The first-order valence-electron chi connectivity index (χ1n) is 2.38. The van der Waals surface area contributed by atoms with Crippen molar-refractivity contribution in [2.75, 3.05) is 20.8 Å². The molecule has 8 heavy (non-hydrogen) atoms. The fourth-order valence-corrected chi connectivity index (χ4v) is 0. The normalized spacial score (nSPS) is 9.50. The molecule has 0 fully saturated rings. The average molecular weight is 118 g/mol. The minimum Gasteiger partial charge on any atom is -0.283 e. The SMILES string of the molecule is C=C.C[N+](C)(N)CN. The Hall–Kier alpha value is -0.380. The van der Waals surface area contributed by atoms with Crippen LogP contribution in [-0.2, 0) is 0 Å². The van der Waals surface area contributed by atoms with Crippen molar-refractivity contribution in [2.24, 2.45) is 11.6 Å². The van der Waals surface area contributed by atoms with Gasteiger partial charge in [0.25, 0.3) is 0 Å². The van der Waals surface area contributed by atoms with Crippen molar-refractivity contribution in [1.29, 1.82) is 0 Å². The molecule has 50 valence electrons. The summed E-state index contributed by atoms with van der Waals surface area (Å²) in [5.74, 6) is 5.35. The van der Waals surface area contributed by atoms with Crippen molar-refractivity contribution in [3.8, 4) is 0 Å². The summed E-state index contributed by atoms with van der Waals surface area (Å²) in [6.45, 7) is 6.49. The highest BCUT2D eigenvalue weighted by Crippen LogP contribution is 1.72. The number of rotatable bonds is 1. The molecule has 0 bridgehead atoms. The van der Waals surface area contributed by atoms with Crippen molar-refractivity contribution in [1.82, 2.24) is 0 Å². The summed E-state index contributed by atoms with van der Waals surface area (Å²) in [5, 5.41) is 0. The molecule has 0 aliphatic heterocycles. The fraction of sp³-hybridized carbons (Fsp3) is 0.600. The Morgan fingerprint density at radius 2 is 1.50 bits per heavy atom. The second-order valence-electron chi connectivity index (χ2n) is 1.96. The zero-order valence-corrected chi connectivity index (χ0v) is 5.72. The lowest BCUT2D eigenvalue weighted by Crippen LogP contribution is -2.50. The van der Waals surface area contributed by atoms with Crippen molar-refractivity contribution < 1.29 is 4.59 Å². The van der Waals surface area contributed by atoms with Gasteiger partial charge in [0.2, 0.25) is 0 Å². The molecule has 0 amide bonds. The maximum atomic E-state index is 5.35. The quantitative estimate of drug-likeness (QED) is 0.163. The lowest BCUT2D eigenvalue weighted by atomic mass is 10.8. The van der Waals surface area contributed by atoms with Gasteiger partial charge in [-0.05, 0) is 0 Å². The third kappa shape index (κ3) is 17.5. The second-order valence-corrected chi connectivity index (χ2v) is 1.96. The predicted octanol–water partition coefficient (Wildman–Crippen LogP) is -0.345. The van der Waals surface area contributed by atoms with Crippen LogP contribution in [0.5, 0.6) is 0 Å². The number of quaternary nitrogens is 1. The van der Waals surface area contributed by atoms with Crippen molar-refractivity contribution in [3.05, 3.63) is 13.2 Å². The molecule has 0 heterocycles. The summed E-state index contributed by atoms with van der Waals surface area (Å²) in [7, 11) is 3.67. The molecule has 0 radical (unpaired) electrons. The van der Waals surface area contributed by atoms with Crippen molar-refractivity contribution in [3.63, 3.8) is 0 Å². The number of nitrogens with two attached hydrogens (primary N) is 2. The summed E-state index contributed by atoms with van der Waals surface area (Å²) in [5.41, 5.74) is 5.15. The Labute approximate surface area is 51.1 Å². The molecule has 0 aliphatic rings. The minimum absolute atomic E-state index is 0.347. The molecule has 0 saturated heterocycles. The highest BCUT2D eigenvalue weighted by Gasteiger charge is 1.99. The first-order valence-corrected chi connectivity index (χ1v) is 2.38. The Morgan fingerprint density at radius 3 is 1.50 bits per heavy atom. The summed E-state index contributed by atoms with van der Waals surface area (Å²) in [6, 6.07) is 0. The highest BCUT2D eigenvalue weighted by molar-refractivity contribution is 4.22. The van der Waals surface area contributed by atoms with Gasteiger partial charge in [-0.25, -0.2) is 4.59 Å². The molecule has 0 spiro atoms. The zero-order valence-electron chi connectivity index (χ0n) is 5.72. The van der Waals surface area contributed by atoms with Crippen LogP contribution in [0.4, 0.5) is 0 Å². The number of hydrogen-bond acceptors (Lipinski definition) is 2. The van der Waals surface area contributed by atoms with Crippen LogP contribution in [0.25, 0.3) is 0 Å². The van der Waals surface area contributed by atoms with E-state index in [1.807, 2.05) is 14.1 Å². The monoisotopic (exact) mass is 118 g/mol. The van der Waals surface area contributed by atoms with E-state index in [9.17, 15) is 0 Å². The molecule has 0 aromatic carbocycles. The smallest absolute Gasteiger partial charge is 0.147 e.